The molecule has 5 aliphatic rings. The van der Waals surface area contributed by atoms with Gasteiger partial charge in [-0.2, -0.15) is 8.42 Å². The molecule has 5 nitrogen and oxygen atoms in total. The normalized spacial score (nSPS) is 48.0. The van der Waals surface area contributed by atoms with E-state index in [1.807, 2.05) is 0 Å². The van der Waals surface area contributed by atoms with Crippen LogP contribution in [0.3, 0.4) is 0 Å². The first-order valence-electron chi connectivity index (χ1n) is 7.75. The molecule has 21 heavy (non-hydrogen) atoms. The van der Waals surface area contributed by atoms with Crippen LogP contribution in [0.1, 0.15) is 39.0 Å². The lowest BCUT2D eigenvalue weighted by atomic mass is 9.65. The Hall–Kier alpha value is -0.270. The van der Waals surface area contributed by atoms with Crippen molar-refractivity contribution >= 4 is 27.0 Å². The third-order valence-corrected chi connectivity index (χ3v) is 10.3. The van der Waals surface area contributed by atoms with E-state index in [0.717, 1.165) is 0 Å². The minimum Gasteiger partial charge on any atom is -0.455 e. The first-order valence-corrected chi connectivity index (χ1v) is 11.1. The molecule has 4 unspecified atom stereocenters. The lowest BCUT2D eigenvalue weighted by molar-refractivity contribution is -0.217. The largest absolute Gasteiger partial charge is 0.455 e. The van der Waals surface area contributed by atoms with Crippen molar-refractivity contribution in [2.75, 3.05) is 17.3 Å². The lowest BCUT2D eigenvalue weighted by Crippen LogP contribution is -2.64. The number of hydrogen-bond donors (Lipinski definition) is 1. The zero-order valence-electron chi connectivity index (χ0n) is 12.2. The zero-order valence-corrected chi connectivity index (χ0v) is 13.9. The molecule has 0 aromatic heterocycles. The van der Waals surface area contributed by atoms with Crippen LogP contribution in [0.5, 0.6) is 0 Å². The molecule has 5 rings (SSSR count). The third kappa shape index (κ3) is 1.86. The zero-order chi connectivity index (χ0) is 14.9. The molecule has 2 heterocycles. The standard InChI is InChI=1S/C14H22O5S2/c1-13-10-7-14(13,8-11(10)21(16,17)19-13)18-12(15)9-20-5-3-2-4-6-20/h10-11,20H,2-9H2,1H3. The Morgan fingerprint density at radius 2 is 2.00 bits per heavy atom. The van der Waals surface area contributed by atoms with E-state index in [4.69, 9.17) is 8.92 Å². The van der Waals surface area contributed by atoms with Gasteiger partial charge >= 0.3 is 5.97 Å². The molecular formula is C14H22O5S2. The monoisotopic (exact) mass is 334 g/mol. The summed E-state index contributed by atoms with van der Waals surface area (Å²) in [5.41, 5.74) is -1.47. The lowest BCUT2D eigenvalue weighted by Gasteiger charge is -2.51. The predicted octanol–water partition coefficient (Wildman–Crippen LogP) is 1.36. The van der Waals surface area contributed by atoms with E-state index in [1.54, 1.807) is 6.92 Å². The SMILES string of the molecule is CC12OS(=O)(=O)C3CC1(OC(=O)C[SH]1CCCCC1)CC32. The quantitative estimate of drug-likeness (QED) is 0.479. The summed E-state index contributed by atoms with van der Waals surface area (Å²) in [6, 6.07) is 0. The van der Waals surface area contributed by atoms with Gasteiger partial charge in [0.2, 0.25) is 0 Å². The van der Waals surface area contributed by atoms with Gasteiger partial charge in [-0.1, -0.05) is 6.42 Å². The van der Waals surface area contributed by atoms with Crippen molar-refractivity contribution in [3.8, 4) is 0 Å². The Balaban J connectivity index is 1.44. The number of rotatable bonds is 3. The highest BCUT2D eigenvalue weighted by Gasteiger charge is 2.83. The second kappa shape index (κ2) is 4.38. The van der Waals surface area contributed by atoms with Crippen molar-refractivity contribution in [1.82, 2.24) is 0 Å². The molecule has 0 radical (unpaired) electrons. The molecule has 0 aromatic carbocycles. The maximum Gasteiger partial charge on any atom is 0.314 e. The molecule has 5 fully saturated rings. The van der Waals surface area contributed by atoms with E-state index in [0.29, 0.717) is 18.6 Å². The molecule has 2 saturated heterocycles. The fraction of sp³-hybridized carbons (Fsp3) is 0.929. The minimum absolute atomic E-state index is 0.00990. The summed E-state index contributed by atoms with van der Waals surface area (Å²) in [7, 11) is -3.65. The molecule has 120 valence electrons. The van der Waals surface area contributed by atoms with E-state index in [9.17, 15) is 13.2 Å². The summed E-state index contributed by atoms with van der Waals surface area (Å²) < 4.78 is 34.8. The summed E-state index contributed by atoms with van der Waals surface area (Å²) in [6.07, 6.45) is 4.82. The molecule has 3 saturated carbocycles. The molecule has 2 aliphatic heterocycles. The highest BCUT2D eigenvalue weighted by molar-refractivity contribution is 8.17. The van der Waals surface area contributed by atoms with Crippen LogP contribution in [-0.4, -0.2) is 48.1 Å². The number of hydrogen-bond acceptors (Lipinski definition) is 5. The molecule has 4 bridgehead atoms. The number of carbonyl (C=O) groups excluding carboxylic acids is 1. The van der Waals surface area contributed by atoms with Crippen LogP contribution in [0.2, 0.25) is 0 Å². The topological polar surface area (TPSA) is 69.7 Å². The molecule has 3 aliphatic carbocycles. The van der Waals surface area contributed by atoms with Gasteiger partial charge in [0.25, 0.3) is 10.1 Å². The third-order valence-electron chi connectivity index (χ3n) is 5.91. The van der Waals surface area contributed by atoms with E-state index in [1.165, 1.54) is 30.8 Å². The highest BCUT2D eigenvalue weighted by atomic mass is 32.2. The van der Waals surface area contributed by atoms with Crippen molar-refractivity contribution in [2.45, 2.75) is 55.5 Å². The summed E-state index contributed by atoms with van der Waals surface area (Å²) in [5.74, 6) is 2.75. The second-order valence-corrected chi connectivity index (χ2v) is 11.4. The minimum atomic E-state index is -3.44. The van der Waals surface area contributed by atoms with Gasteiger partial charge in [0.15, 0.2) is 0 Å². The Kier molecular flexibility index (Phi) is 2.99. The first-order chi connectivity index (χ1) is 9.86. The molecule has 4 atom stereocenters. The van der Waals surface area contributed by atoms with Crippen molar-refractivity contribution in [3.05, 3.63) is 0 Å². The van der Waals surface area contributed by atoms with Crippen LogP contribution in [0.15, 0.2) is 0 Å². The van der Waals surface area contributed by atoms with Gasteiger partial charge in [-0.3, -0.25) is 8.98 Å². The molecule has 0 aromatic rings. The predicted molar refractivity (Wildman–Crippen MR) is 81.2 cm³/mol. The summed E-state index contributed by atoms with van der Waals surface area (Å²) >= 11 is 0. The van der Waals surface area contributed by atoms with Gasteiger partial charge in [0.05, 0.1) is 11.0 Å². The van der Waals surface area contributed by atoms with Crippen molar-refractivity contribution in [2.24, 2.45) is 5.92 Å². The van der Waals surface area contributed by atoms with Crippen LogP contribution in [0.25, 0.3) is 0 Å². The molecular weight excluding hydrogens is 312 g/mol. The number of carbonyl (C=O) groups is 1. The van der Waals surface area contributed by atoms with Crippen LogP contribution in [0.4, 0.5) is 0 Å². The smallest absolute Gasteiger partial charge is 0.314 e. The molecule has 0 amide bonds. The fourth-order valence-electron chi connectivity index (χ4n) is 4.68. The van der Waals surface area contributed by atoms with Gasteiger partial charge in [-0.25, -0.2) is 10.9 Å². The molecule has 7 heteroatoms. The van der Waals surface area contributed by atoms with Crippen molar-refractivity contribution < 1.29 is 22.1 Å². The number of ether oxygens (including phenoxy) is 1. The average Bonchev–Trinajstić information content (AvgIpc) is 2.95. The van der Waals surface area contributed by atoms with E-state index >= 15 is 0 Å². The summed E-state index contributed by atoms with van der Waals surface area (Å²) in [5, 5.41) is -0.462. The summed E-state index contributed by atoms with van der Waals surface area (Å²) in [4.78, 5) is 12.3. The second-order valence-electron chi connectivity index (χ2n) is 7.04. The van der Waals surface area contributed by atoms with E-state index in [2.05, 4.69) is 0 Å². The maximum absolute atomic E-state index is 12.3. The van der Waals surface area contributed by atoms with Crippen LogP contribution < -0.4 is 0 Å². The first kappa shape index (κ1) is 14.3. The van der Waals surface area contributed by atoms with Crippen molar-refractivity contribution in [3.63, 3.8) is 0 Å². The number of thiol groups is 1. The van der Waals surface area contributed by atoms with Crippen molar-refractivity contribution in [1.29, 1.82) is 0 Å². The molecule has 0 N–H and O–H groups in total. The van der Waals surface area contributed by atoms with E-state index < -0.39 is 26.6 Å². The maximum atomic E-state index is 12.3. The average molecular weight is 334 g/mol. The molecule has 0 spiro atoms. The number of esters is 1. The van der Waals surface area contributed by atoms with Crippen LogP contribution in [0, 0.1) is 5.92 Å². The Morgan fingerprint density at radius 3 is 2.57 bits per heavy atom. The van der Waals surface area contributed by atoms with Gasteiger partial charge in [0.1, 0.15) is 11.2 Å². The fourth-order valence-corrected chi connectivity index (χ4v) is 9.10. The summed E-state index contributed by atoms with van der Waals surface area (Å²) in [6.45, 7) is 1.80. The van der Waals surface area contributed by atoms with E-state index in [-0.39, 0.29) is 22.8 Å². The van der Waals surface area contributed by atoms with Crippen LogP contribution in [-0.2, 0) is 23.8 Å². The highest BCUT2D eigenvalue weighted by Crippen LogP contribution is 2.69. The van der Waals surface area contributed by atoms with Gasteiger partial charge in [-0.15, -0.1) is 0 Å². The Bertz CT molecular complexity index is 582. The Labute approximate surface area is 128 Å². The Morgan fingerprint density at radius 1 is 1.29 bits per heavy atom. The van der Waals surface area contributed by atoms with Gasteiger partial charge in [-0.05, 0) is 37.7 Å². The van der Waals surface area contributed by atoms with Gasteiger partial charge < -0.3 is 4.74 Å². The van der Waals surface area contributed by atoms with Gasteiger partial charge in [0, 0.05) is 12.3 Å². The van der Waals surface area contributed by atoms with Crippen LogP contribution >= 0.6 is 10.9 Å².